The van der Waals surface area contributed by atoms with Gasteiger partial charge in [0.15, 0.2) is 11.6 Å². The van der Waals surface area contributed by atoms with Crippen molar-refractivity contribution in [2.24, 2.45) is 0 Å². The van der Waals surface area contributed by atoms with E-state index in [0.717, 1.165) is 22.0 Å². The number of sulfonamides is 1. The lowest BCUT2D eigenvalue weighted by molar-refractivity contribution is 0.0355. The summed E-state index contributed by atoms with van der Waals surface area (Å²) in [5.41, 5.74) is 4.74. The van der Waals surface area contributed by atoms with Crippen molar-refractivity contribution >= 4 is 39.0 Å². The summed E-state index contributed by atoms with van der Waals surface area (Å²) < 4.78 is 37.4. The standard InChI is InChI=1S/C20H25N3O4S.C18H22N4O3S.CH4/c1-13(2)28(25,26)23-11-18(12-23)27-17-7-15(4)22-19(9-17)20(24)8-16-6-5-14(3)10-21-16;1-11-5-13(25-14-8-22(9-14)18(24)21(3)4)6-15(19-11)16(23)7-17-20-12(2)10-26-17;/h5-7,9-10,13,18H,8,11-12H2,1-4H3;5-6,10,14H,7-9H2,1-4H3;1H4. The highest BCUT2D eigenvalue weighted by atomic mass is 32.2. The number of thiazole rings is 1. The highest BCUT2D eigenvalue weighted by molar-refractivity contribution is 7.89. The van der Waals surface area contributed by atoms with E-state index in [-0.39, 0.29) is 50.1 Å². The van der Waals surface area contributed by atoms with E-state index >= 15 is 0 Å². The van der Waals surface area contributed by atoms with Gasteiger partial charge in [-0.15, -0.1) is 11.3 Å². The highest BCUT2D eigenvalue weighted by Crippen LogP contribution is 2.25. The molecule has 4 aromatic rings. The Morgan fingerprint density at radius 3 is 1.84 bits per heavy atom. The Kier molecular flexibility index (Phi) is 14.2. The van der Waals surface area contributed by atoms with Gasteiger partial charge in [0.25, 0.3) is 0 Å². The lowest BCUT2D eigenvalue weighted by atomic mass is 10.1. The molecule has 6 rings (SSSR count). The number of aromatic nitrogens is 4. The normalized spacial score (nSPS) is 14.5. The number of hydrogen-bond donors (Lipinski definition) is 0. The summed E-state index contributed by atoms with van der Waals surface area (Å²) in [6.07, 6.45) is 1.85. The Labute approximate surface area is 328 Å². The lowest BCUT2D eigenvalue weighted by Crippen LogP contribution is -2.58. The number of ketones is 2. The van der Waals surface area contributed by atoms with Crippen molar-refractivity contribution in [1.29, 1.82) is 0 Å². The van der Waals surface area contributed by atoms with Gasteiger partial charge < -0.3 is 19.3 Å². The van der Waals surface area contributed by atoms with Crippen LogP contribution in [0.5, 0.6) is 11.5 Å². The van der Waals surface area contributed by atoms with E-state index in [0.29, 0.717) is 60.5 Å². The van der Waals surface area contributed by atoms with Crippen LogP contribution >= 0.6 is 11.3 Å². The van der Waals surface area contributed by atoms with E-state index < -0.39 is 15.3 Å². The predicted octanol–water partition coefficient (Wildman–Crippen LogP) is 5.28. The third-order valence-electron chi connectivity index (χ3n) is 8.59. The summed E-state index contributed by atoms with van der Waals surface area (Å²) in [7, 11) is 0.201. The number of aryl methyl sites for hydroxylation is 4. The molecule has 0 spiro atoms. The Hall–Kier alpha value is -4.80. The van der Waals surface area contributed by atoms with Crippen molar-refractivity contribution < 1.29 is 32.3 Å². The fourth-order valence-corrected chi connectivity index (χ4v) is 7.70. The monoisotopic (exact) mass is 793 g/mol. The quantitative estimate of drug-likeness (QED) is 0.171. The smallest absolute Gasteiger partial charge is 0.319 e. The molecule has 2 amide bonds. The Balaban J connectivity index is 0.000000241. The van der Waals surface area contributed by atoms with Crippen molar-refractivity contribution in [3.05, 3.63) is 92.7 Å². The van der Waals surface area contributed by atoms with Crippen molar-refractivity contribution in [2.45, 2.75) is 79.3 Å². The third kappa shape index (κ3) is 11.4. The molecule has 296 valence electrons. The van der Waals surface area contributed by atoms with Crippen LogP contribution in [0.2, 0.25) is 0 Å². The zero-order valence-corrected chi connectivity index (χ0v) is 33.5. The molecule has 14 nitrogen and oxygen atoms in total. The Morgan fingerprint density at radius 1 is 0.818 bits per heavy atom. The predicted molar refractivity (Wildman–Crippen MR) is 212 cm³/mol. The number of nitrogens with zero attached hydrogens (tertiary/aromatic N) is 7. The molecule has 2 aliphatic heterocycles. The number of hydrogen-bond acceptors (Lipinski definition) is 12. The maximum absolute atomic E-state index is 12.6. The molecule has 2 saturated heterocycles. The van der Waals surface area contributed by atoms with E-state index in [1.165, 1.54) is 15.6 Å². The number of carbonyl (C=O) groups is 3. The summed E-state index contributed by atoms with van der Waals surface area (Å²) in [5, 5.41) is 2.27. The van der Waals surface area contributed by atoms with Gasteiger partial charge in [-0.2, -0.15) is 4.31 Å². The first-order valence-corrected chi connectivity index (χ1v) is 20.0. The molecule has 2 fully saturated rings. The van der Waals surface area contributed by atoms with Crippen molar-refractivity contribution in [2.75, 3.05) is 40.3 Å². The number of urea groups is 1. The maximum Gasteiger partial charge on any atom is 0.319 e. The molecule has 0 unspecified atom stereocenters. The second-order valence-corrected chi connectivity index (χ2v) is 17.5. The van der Waals surface area contributed by atoms with Gasteiger partial charge in [0.1, 0.15) is 40.1 Å². The minimum atomic E-state index is -3.25. The summed E-state index contributed by atoms with van der Waals surface area (Å²) in [4.78, 5) is 57.4. The van der Waals surface area contributed by atoms with Gasteiger partial charge in [-0.1, -0.05) is 13.5 Å². The van der Waals surface area contributed by atoms with E-state index in [4.69, 9.17) is 9.47 Å². The van der Waals surface area contributed by atoms with Crippen LogP contribution in [-0.2, 0) is 22.9 Å². The van der Waals surface area contributed by atoms with Gasteiger partial charge in [-0.3, -0.25) is 14.6 Å². The van der Waals surface area contributed by atoms with Crippen LogP contribution in [0.15, 0.2) is 48.0 Å². The van der Waals surface area contributed by atoms with E-state index in [1.54, 1.807) is 75.1 Å². The molecule has 0 aliphatic carbocycles. The fraction of sp³-hybridized carbons (Fsp3) is 0.462. The van der Waals surface area contributed by atoms with E-state index in [1.807, 2.05) is 38.3 Å². The van der Waals surface area contributed by atoms with Gasteiger partial charge >= 0.3 is 6.03 Å². The van der Waals surface area contributed by atoms with Crippen LogP contribution in [0, 0.1) is 27.7 Å². The van der Waals surface area contributed by atoms with Gasteiger partial charge in [-0.25, -0.2) is 28.2 Å². The number of rotatable bonds is 12. The maximum atomic E-state index is 12.6. The second kappa shape index (κ2) is 18.2. The summed E-state index contributed by atoms with van der Waals surface area (Å²) in [6, 6.07) is 10.6. The average molecular weight is 794 g/mol. The fourth-order valence-electron chi connectivity index (χ4n) is 5.58. The Bertz CT molecular complexity index is 2090. The minimum absolute atomic E-state index is 0. The van der Waals surface area contributed by atoms with Crippen LogP contribution in [-0.4, -0.2) is 118 Å². The van der Waals surface area contributed by atoms with Gasteiger partial charge in [-0.05, 0) is 53.2 Å². The number of amides is 2. The van der Waals surface area contributed by atoms with Crippen molar-refractivity contribution in [3.63, 3.8) is 0 Å². The van der Waals surface area contributed by atoms with Gasteiger partial charge in [0, 0.05) is 72.7 Å². The molecule has 6 heterocycles. The highest BCUT2D eigenvalue weighted by Gasteiger charge is 2.39. The van der Waals surface area contributed by atoms with E-state index in [2.05, 4.69) is 19.9 Å². The van der Waals surface area contributed by atoms with Gasteiger partial charge in [0.2, 0.25) is 10.0 Å². The third-order valence-corrected chi connectivity index (χ3v) is 11.8. The largest absolute Gasteiger partial charge is 0.488 e. The number of likely N-dealkylation sites (tertiary alicyclic amines) is 1. The number of carbonyl (C=O) groups excluding carboxylic acids is 3. The topological polar surface area (TPSA) is 165 Å². The molecule has 4 aromatic heterocycles. The Morgan fingerprint density at radius 2 is 1.36 bits per heavy atom. The SMILES string of the molecule is C.Cc1cc(OC2CN(C(=O)N(C)C)C2)cc(C(=O)Cc2nc(C)cs2)n1.Cc1ccc(CC(=O)c2cc(OC3CN(S(=O)(=O)C(C)C)C3)cc(C)n2)nc1. The molecule has 0 radical (unpaired) electrons. The van der Waals surface area contributed by atoms with Gasteiger partial charge in [0.05, 0.1) is 44.3 Å². The number of pyridine rings is 3. The average Bonchev–Trinajstić information content (AvgIpc) is 3.48. The molecule has 2 aliphatic rings. The van der Waals surface area contributed by atoms with Crippen LogP contribution in [0.1, 0.15) is 75.6 Å². The molecule has 0 saturated carbocycles. The van der Waals surface area contributed by atoms with Crippen molar-refractivity contribution in [1.82, 2.24) is 34.0 Å². The lowest BCUT2D eigenvalue weighted by Gasteiger charge is -2.40. The molecule has 0 bridgehead atoms. The molecular formula is C39H51N7O7S2. The molecule has 16 heteroatoms. The number of ether oxygens (including phenoxy) is 2. The molecule has 0 atom stereocenters. The zero-order chi connectivity index (χ0) is 39.3. The summed E-state index contributed by atoms with van der Waals surface area (Å²) >= 11 is 1.48. The summed E-state index contributed by atoms with van der Waals surface area (Å²) in [6.45, 7) is 12.5. The van der Waals surface area contributed by atoms with Crippen LogP contribution in [0.25, 0.3) is 0 Å². The second-order valence-electron chi connectivity index (χ2n) is 14.0. The molecular weight excluding hydrogens is 743 g/mol. The molecule has 55 heavy (non-hydrogen) atoms. The first kappa shape index (κ1) is 42.9. The molecule has 0 N–H and O–H groups in total. The van der Waals surface area contributed by atoms with Crippen LogP contribution in [0.3, 0.4) is 0 Å². The zero-order valence-electron chi connectivity index (χ0n) is 31.9. The van der Waals surface area contributed by atoms with Crippen molar-refractivity contribution in [3.8, 4) is 11.5 Å². The number of Topliss-reactive ketones (excluding diaryl/α,β-unsaturated/α-hetero) is 2. The first-order valence-electron chi connectivity index (χ1n) is 17.6. The molecule has 0 aromatic carbocycles. The first-order chi connectivity index (χ1) is 25.5. The minimum Gasteiger partial charge on any atom is -0.488 e. The summed E-state index contributed by atoms with van der Waals surface area (Å²) in [5.74, 6) is 0.922. The van der Waals surface area contributed by atoms with Crippen LogP contribution in [0.4, 0.5) is 4.79 Å². The van der Waals surface area contributed by atoms with E-state index in [9.17, 15) is 22.8 Å². The van der Waals surface area contributed by atoms with Crippen LogP contribution < -0.4 is 9.47 Å².